The van der Waals surface area contributed by atoms with Crippen LogP contribution in [0, 0.1) is 18.7 Å². The maximum absolute atomic E-state index is 13.9. The molecule has 0 bridgehead atoms. The summed E-state index contributed by atoms with van der Waals surface area (Å²) in [6.07, 6.45) is 4.23. The van der Waals surface area contributed by atoms with Gasteiger partial charge in [-0.3, -0.25) is 9.80 Å². The van der Waals surface area contributed by atoms with Gasteiger partial charge in [0.1, 0.15) is 11.6 Å². The quantitative estimate of drug-likeness (QED) is 0.732. The van der Waals surface area contributed by atoms with E-state index in [9.17, 15) is 4.39 Å². The molecule has 1 aromatic carbocycles. The molecule has 0 amide bonds. The molecule has 27 heavy (non-hydrogen) atoms. The molecule has 2 aromatic rings. The van der Waals surface area contributed by atoms with Crippen LogP contribution in [-0.2, 0) is 17.8 Å². The van der Waals surface area contributed by atoms with Crippen molar-refractivity contribution in [3.63, 3.8) is 0 Å². The summed E-state index contributed by atoms with van der Waals surface area (Å²) >= 11 is 0. The van der Waals surface area contributed by atoms with E-state index in [0.717, 1.165) is 69.3 Å². The van der Waals surface area contributed by atoms with Crippen LogP contribution < -0.4 is 0 Å². The number of hydrogen-bond acceptors (Lipinski definition) is 4. The maximum Gasteiger partial charge on any atom is 0.127 e. The molecule has 0 radical (unpaired) electrons. The molecule has 0 atom stereocenters. The Labute approximate surface area is 161 Å². The van der Waals surface area contributed by atoms with Crippen molar-refractivity contribution in [3.05, 3.63) is 53.4 Å². The molecule has 1 aliphatic rings. The van der Waals surface area contributed by atoms with Crippen LogP contribution in [0.15, 0.2) is 30.5 Å². The molecule has 1 saturated heterocycles. The summed E-state index contributed by atoms with van der Waals surface area (Å²) in [7, 11) is 1.75. The standard InChI is InChI=1S/C21H31FN4O/c1-17-23-13-20(24-17)16-26(11-12-27-2)14-18-7-9-25(10-8-18)15-19-5-3-4-6-21(19)22/h3-6,13,18H,7-12,14-16H2,1-2H3,(H,23,24). The van der Waals surface area contributed by atoms with Crippen LogP contribution in [0.25, 0.3) is 0 Å². The molecule has 6 heteroatoms. The molecule has 0 aliphatic carbocycles. The Bertz CT molecular complexity index is 697. The first kappa shape index (κ1) is 20.0. The summed E-state index contributed by atoms with van der Waals surface area (Å²) in [5, 5.41) is 0. The van der Waals surface area contributed by atoms with E-state index >= 15 is 0 Å². The third-order valence-electron chi connectivity index (χ3n) is 5.34. The van der Waals surface area contributed by atoms with Crippen LogP contribution in [0.2, 0.25) is 0 Å². The molecule has 148 valence electrons. The number of likely N-dealkylation sites (tertiary alicyclic amines) is 1. The lowest BCUT2D eigenvalue weighted by atomic mass is 9.95. The summed E-state index contributed by atoms with van der Waals surface area (Å²) in [6.45, 7) is 8.34. The minimum absolute atomic E-state index is 0.0970. The third kappa shape index (κ3) is 6.13. The SMILES string of the molecule is COCCN(Cc1cnc(C)[nH]1)CC1CCN(Cc2ccccc2F)CC1. The number of aromatic amines is 1. The van der Waals surface area contributed by atoms with Crippen LogP contribution in [0.4, 0.5) is 4.39 Å². The van der Waals surface area contributed by atoms with Crippen molar-refractivity contribution >= 4 is 0 Å². The van der Waals surface area contributed by atoms with Gasteiger partial charge in [0.25, 0.3) is 0 Å². The topological polar surface area (TPSA) is 44.4 Å². The predicted molar refractivity (Wildman–Crippen MR) is 105 cm³/mol. The van der Waals surface area contributed by atoms with Gasteiger partial charge in [-0.1, -0.05) is 18.2 Å². The van der Waals surface area contributed by atoms with E-state index in [0.29, 0.717) is 12.5 Å². The lowest BCUT2D eigenvalue weighted by Crippen LogP contribution is -2.39. The molecule has 2 heterocycles. The fourth-order valence-electron chi connectivity index (χ4n) is 3.81. The van der Waals surface area contributed by atoms with Crippen LogP contribution in [0.5, 0.6) is 0 Å². The average molecular weight is 375 g/mol. The number of halogens is 1. The Kier molecular flexibility index (Phi) is 7.38. The van der Waals surface area contributed by atoms with E-state index in [-0.39, 0.29) is 5.82 Å². The minimum Gasteiger partial charge on any atom is -0.383 e. The number of benzene rings is 1. The number of nitrogens with zero attached hydrogens (tertiary/aromatic N) is 3. The number of aryl methyl sites for hydroxylation is 1. The summed E-state index contributed by atoms with van der Waals surface area (Å²) in [5.41, 5.74) is 1.95. The predicted octanol–water partition coefficient (Wildman–Crippen LogP) is 3.22. The number of rotatable bonds is 9. The number of piperidine rings is 1. The summed E-state index contributed by atoms with van der Waals surface area (Å²) < 4.78 is 19.2. The summed E-state index contributed by atoms with van der Waals surface area (Å²) in [4.78, 5) is 12.4. The second kappa shape index (κ2) is 9.97. The fraction of sp³-hybridized carbons (Fsp3) is 0.571. The van der Waals surface area contributed by atoms with Gasteiger partial charge in [0, 0.05) is 50.7 Å². The molecule has 1 fully saturated rings. The fourth-order valence-corrected chi connectivity index (χ4v) is 3.81. The van der Waals surface area contributed by atoms with Gasteiger partial charge in [-0.2, -0.15) is 0 Å². The number of ether oxygens (including phenoxy) is 1. The van der Waals surface area contributed by atoms with Crippen molar-refractivity contribution in [1.29, 1.82) is 0 Å². The number of imidazole rings is 1. The molecule has 3 rings (SSSR count). The normalized spacial score (nSPS) is 16.3. The van der Waals surface area contributed by atoms with Crippen LogP contribution in [0.3, 0.4) is 0 Å². The number of H-pyrrole nitrogens is 1. The zero-order valence-corrected chi connectivity index (χ0v) is 16.5. The first-order valence-electron chi connectivity index (χ1n) is 9.81. The number of methoxy groups -OCH3 is 1. The molecular formula is C21H31FN4O. The number of hydrogen-bond donors (Lipinski definition) is 1. The Morgan fingerprint density at radius 2 is 2.07 bits per heavy atom. The first-order valence-corrected chi connectivity index (χ1v) is 9.81. The third-order valence-corrected chi connectivity index (χ3v) is 5.34. The van der Waals surface area contributed by atoms with Crippen LogP contribution in [0.1, 0.15) is 29.9 Å². The highest BCUT2D eigenvalue weighted by atomic mass is 19.1. The van der Waals surface area contributed by atoms with Gasteiger partial charge in [0.15, 0.2) is 0 Å². The Balaban J connectivity index is 1.48. The van der Waals surface area contributed by atoms with Crippen molar-refractivity contribution in [2.24, 2.45) is 5.92 Å². The molecule has 1 N–H and O–H groups in total. The second-order valence-electron chi connectivity index (χ2n) is 7.53. The van der Waals surface area contributed by atoms with E-state index in [1.54, 1.807) is 19.2 Å². The second-order valence-corrected chi connectivity index (χ2v) is 7.53. The zero-order chi connectivity index (χ0) is 19.1. The van der Waals surface area contributed by atoms with Crippen LogP contribution >= 0.6 is 0 Å². The number of nitrogens with one attached hydrogen (secondary N) is 1. The Morgan fingerprint density at radius 1 is 1.30 bits per heavy atom. The van der Waals surface area contributed by atoms with Crippen molar-refractivity contribution in [2.45, 2.75) is 32.9 Å². The zero-order valence-electron chi connectivity index (χ0n) is 16.5. The van der Waals surface area contributed by atoms with Crippen molar-refractivity contribution in [3.8, 4) is 0 Å². The highest BCUT2D eigenvalue weighted by Gasteiger charge is 2.22. The van der Waals surface area contributed by atoms with Crippen LogP contribution in [-0.4, -0.2) is 59.7 Å². The van der Waals surface area contributed by atoms with E-state index in [1.807, 2.05) is 25.3 Å². The molecule has 0 saturated carbocycles. The maximum atomic E-state index is 13.9. The molecule has 1 aliphatic heterocycles. The van der Waals surface area contributed by atoms with Crippen molar-refractivity contribution in [1.82, 2.24) is 19.8 Å². The van der Waals surface area contributed by atoms with Gasteiger partial charge < -0.3 is 9.72 Å². The van der Waals surface area contributed by atoms with E-state index in [1.165, 1.54) is 0 Å². The van der Waals surface area contributed by atoms with Gasteiger partial charge in [-0.15, -0.1) is 0 Å². The van der Waals surface area contributed by atoms with Gasteiger partial charge >= 0.3 is 0 Å². The molecule has 0 unspecified atom stereocenters. The van der Waals surface area contributed by atoms with Crippen molar-refractivity contribution < 1.29 is 9.13 Å². The smallest absolute Gasteiger partial charge is 0.127 e. The number of aromatic nitrogens is 2. The molecule has 5 nitrogen and oxygen atoms in total. The summed E-state index contributed by atoms with van der Waals surface area (Å²) in [5.74, 6) is 1.53. The average Bonchev–Trinajstić information content (AvgIpc) is 3.08. The van der Waals surface area contributed by atoms with E-state index in [4.69, 9.17) is 4.74 Å². The van der Waals surface area contributed by atoms with Gasteiger partial charge in [-0.25, -0.2) is 9.37 Å². The Hall–Kier alpha value is -1.76. The van der Waals surface area contributed by atoms with Crippen molar-refractivity contribution in [2.75, 3.05) is 39.9 Å². The minimum atomic E-state index is -0.0970. The highest BCUT2D eigenvalue weighted by Crippen LogP contribution is 2.21. The lowest BCUT2D eigenvalue weighted by Gasteiger charge is -2.34. The molecular weight excluding hydrogens is 343 g/mol. The largest absolute Gasteiger partial charge is 0.383 e. The highest BCUT2D eigenvalue weighted by molar-refractivity contribution is 5.17. The Morgan fingerprint density at radius 3 is 2.74 bits per heavy atom. The van der Waals surface area contributed by atoms with Gasteiger partial charge in [-0.05, 0) is 44.8 Å². The van der Waals surface area contributed by atoms with Gasteiger partial charge in [0.05, 0.1) is 6.61 Å². The van der Waals surface area contributed by atoms with E-state index in [2.05, 4.69) is 19.8 Å². The van der Waals surface area contributed by atoms with E-state index < -0.39 is 0 Å². The van der Waals surface area contributed by atoms with Gasteiger partial charge in [0.2, 0.25) is 0 Å². The first-order chi connectivity index (χ1) is 13.1. The lowest BCUT2D eigenvalue weighted by molar-refractivity contribution is 0.105. The molecule has 1 aromatic heterocycles. The molecule has 0 spiro atoms. The monoisotopic (exact) mass is 374 g/mol. The summed E-state index contributed by atoms with van der Waals surface area (Å²) in [6, 6.07) is 7.10.